The molecule has 3 aromatic rings. The molecule has 1 aliphatic carbocycles. The van der Waals surface area contributed by atoms with Crippen molar-refractivity contribution in [2.45, 2.75) is 64.1 Å². The Balaban J connectivity index is 1.30. The van der Waals surface area contributed by atoms with Crippen molar-refractivity contribution in [1.82, 2.24) is 19.8 Å². The predicted octanol–water partition coefficient (Wildman–Crippen LogP) is 4.56. The normalized spacial score (nSPS) is 17.9. The molecule has 1 aromatic carbocycles. The summed E-state index contributed by atoms with van der Waals surface area (Å²) in [5, 5.41) is 6.06. The summed E-state index contributed by atoms with van der Waals surface area (Å²) in [5.41, 5.74) is 0.959. The summed E-state index contributed by atoms with van der Waals surface area (Å²) < 4.78 is 57.1. The highest BCUT2D eigenvalue weighted by Crippen LogP contribution is 2.35. The number of pyridine rings is 2. The topological polar surface area (TPSA) is 124 Å². The van der Waals surface area contributed by atoms with Crippen molar-refractivity contribution < 1.29 is 37.0 Å². The van der Waals surface area contributed by atoms with Crippen LogP contribution in [0.15, 0.2) is 47.4 Å². The molecule has 0 radical (unpaired) electrons. The largest absolute Gasteiger partial charge is 0.478 e. The number of aromatic nitrogens is 2. The van der Waals surface area contributed by atoms with Gasteiger partial charge in [0.1, 0.15) is 23.3 Å². The van der Waals surface area contributed by atoms with E-state index < -0.39 is 30.2 Å². The Bertz CT molecular complexity index is 1690. The number of hydrogen-bond acceptors (Lipinski definition) is 8. The average molecular weight is 656 g/mol. The molecule has 0 bridgehead atoms. The smallest absolute Gasteiger partial charge is 0.387 e. The summed E-state index contributed by atoms with van der Waals surface area (Å²) in [6.45, 7) is 0.462. The minimum atomic E-state index is -3.12. The lowest BCUT2D eigenvalue weighted by atomic mass is 9.97. The molecule has 47 heavy (non-hydrogen) atoms. The number of nitrogens with one attached hydrogen (secondary N) is 2. The fourth-order valence-electron chi connectivity index (χ4n) is 5.75. The van der Waals surface area contributed by atoms with Crippen molar-refractivity contribution in [1.29, 1.82) is 0 Å². The van der Waals surface area contributed by atoms with Crippen LogP contribution in [0.4, 0.5) is 19.0 Å². The minimum Gasteiger partial charge on any atom is -0.478 e. The van der Waals surface area contributed by atoms with Gasteiger partial charge in [0, 0.05) is 38.0 Å². The van der Waals surface area contributed by atoms with Crippen LogP contribution in [-0.2, 0) is 11.3 Å². The molecule has 2 N–H and O–H groups in total. The fraction of sp³-hybridized carbons (Fsp3) is 0.455. The van der Waals surface area contributed by atoms with Crippen LogP contribution in [0.3, 0.4) is 0 Å². The van der Waals surface area contributed by atoms with Crippen LogP contribution in [0.5, 0.6) is 11.6 Å². The number of ether oxygens (including phenoxy) is 3. The van der Waals surface area contributed by atoms with E-state index in [2.05, 4.69) is 20.4 Å². The molecular formula is C33H36F3N5O6. The molecule has 3 aliphatic rings. The molecule has 1 atom stereocenters. The van der Waals surface area contributed by atoms with E-state index in [1.807, 2.05) is 0 Å². The molecule has 250 valence electrons. The summed E-state index contributed by atoms with van der Waals surface area (Å²) in [5.74, 6) is -1.34. The number of rotatable bonds is 13. The first kappa shape index (κ1) is 32.5. The summed E-state index contributed by atoms with van der Waals surface area (Å²) in [6.07, 6.45) is 4.46. The second kappa shape index (κ2) is 14.1. The van der Waals surface area contributed by atoms with Crippen molar-refractivity contribution in [3.05, 3.63) is 69.6 Å². The molecule has 0 spiro atoms. The van der Waals surface area contributed by atoms with Crippen molar-refractivity contribution in [2.24, 2.45) is 0 Å². The summed E-state index contributed by atoms with van der Waals surface area (Å²) in [6, 6.07) is 8.50. The van der Waals surface area contributed by atoms with E-state index in [0.29, 0.717) is 24.2 Å². The van der Waals surface area contributed by atoms with Gasteiger partial charge in [0.05, 0.1) is 31.4 Å². The number of amides is 2. The van der Waals surface area contributed by atoms with Crippen LogP contribution in [-0.4, -0.2) is 78.0 Å². The van der Waals surface area contributed by atoms with E-state index in [9.17, 15) is 27.6 Å². The molecule has 11 nitrogen and oxygen atoms in total. The average Bonchev–Trinajstić information content (AvgIpc) is 3.74. The van der Waals surface area contributed by atoms with Gasteiger partial charge in [-0.2, -0.15) is 13.8 Å². The lowest BCUT2D eigenvalue weighted by Crippen LogP contribution is -2.51. The van der Waals surface area contributed by atoms with Crippen LogP contribution >= 0.6 is 0 Å². The molecule has 1 saturated carbocycles. The maximum atomic E-state index is 13.6. The van der Waals surface area contributed by atoms with Gasteiger partial charge in [-0.05, 0) is 79.6 Å². The van der Waals surface area contributed by atoms with Gasteiger partial charge in [-0.25, -0.2) is 4.39 Å². The summed E-state index contributed by atoms with van der Waals surface area (Å²) in [7, 11) is 0. The number of benzene rings is 1. The highest BCUT2D eigenvalue weighted by molar-refractivity contribution is 6.05. The standard InChI is InChI=1S/C33H36F3N5O6/c1-2-45-29-12-20(25-8-7-23(47-33(35)36)13-26(25)31(43)40-17-21(34)18-40)11-28(38-29)39-30(42)27-10-19(14-37-15-24-4-3-9-46-24)16-41(32(27)44)22-5-6-22/h7-8,10-13,16,21-22,24,33,37H,2-6,9,14-15,17-18H2,1H3,(H,38,39,42)/t24-/m0/s1. The molecule has 2 aromatic heterocycles. The zero-order valence-corrected chi connectivity index (χ0v) is 25.8. The SMILES string of the molecule is CCOc1cc(-c2ccc(OC(F)F)cc2C(=O)N2CC(F)C2)cc(NC(=O)c2cc(CNC[C@@H]3CCCO3)cn(C3CC3)c2=O)n1. The first-order valence-electron chi connectivity index (χ1n) is 15.7. The van der Waals surface area contributed by atoms with Gasteiger partial charge in [0.2, 0.25) is 5.88 Å². The van der Waals surface area contributed by atoms with Crippen molar-refractivity contribution >= 4 is 17.6 Å². The molecule has 3 fully saturated rings. The number of likely N-dealkylation sites (tertiary alicyclic amines) is 1. The summed E-state index contributed by atoms with van der Waals surface area (Å²) >= 11 is 0. The Kier molecular flexibility index (Phi) is 9.78. The maximum absolute atomic E-state index is 13.6. The molecule has 2 amide bonds. The molecule has 6 rings (SSSR count). The molecule has 14 heteroatoms. The van der Waals surface area contributed by atoms with E-state index in [1.165, 1.54) is 35.2 Å². The number of nitrogens with zero attached hydrogens (tertiary/aromatic N) is 3. The zero-order chi connectivity index (χ0) is 33.1. The number of carbonyl (C=O) groups is 2. The van der Waals surface area contributed by atoms with Gasteiger partial charge in [-0.3, -0.25) is 14.4 Å². The van der Waals surface area contributed by atoms with Crippen LogP contribution in [0.1, 0.15) is 64.9 Å². The van der Waals surface area contributed by atoms with E-state index in [-0.39, 0.29) is 60.4 Å². The van der Waals surface area contributed by atoms with Crippen molar-refractivity contribution in [2.75, 3.05) is 38.2 Å². The Labute approximate surface area is 269 Å². The Morgan fingerprint density at radius 2 is 1.91 bits per heavy atom. The number of alkyl halides is 3. The quantitative estimate of drug-likeness (QED) is 0.275. The van der Waals surface area contributed by atoms with Crippen LogP contribution in [0, 0.1) is 0 Å². The van der Waals surface area contributed by atoms with Crippen LogP contribution in [0.25, 0.3) is 11.1 Å². The van der Waals surface area contributed by atoms with Gasteiger partial charge >= 0.3 is 6.61 Å². The second-order valence-electron chi connectivity index (χ2n) is 11.8. The third-order valence-corrected chi connectivity index (χ3v) is 8.23. The molecule has 0 unspecified atom stereocenters. The first-order valence-corrected chi connectivity index (χ1v) is 15.7. The number of hydrogen-bond donors (Lipinski definition) is 2. The Morgan fingerprint density at radius 1 is 1.11 bits per heavy atom. The fourth-order valence-corrected chi connectivity index (χ4v) is 5.75. The van der Waals surface area contributed by atoms with E-state index in [0.717, 1.165) is 37.9 Å². The highest BCUT2D eigenvalue weighted by atomic mass is 19.3. The number of anilines is 1. The predicted molar refractivity (Wildman–Crippen MR) is 166 cm³/mol. The van der Waals surface area contributed by atoms with Gasteiger partial charge in [-0.15, -0.1) is 0 Å². The van der Waals surface area contributed by atoms with Crippen LogP contribution < -0.4 is 25.7 Å². The van der Waals surface area contributed by atoms with E-state index >= 15 is 0 Å². The second-order valence-corrected chi connectivity index (χ2v) is 11.8. The van der Waals surface area contributed by atoms with Crippen molar-refractivity contribution in [3.8, 4) is 22.8 Å². The zero-order valence-electron chi connectivity index (χ0n) is 25.8. The van der Waals surface area contributed by atoms with E-state index in [4.69, 9.17) is 9.47 Å². The maximum Gasteiger partial charge on any atom is 0.387 e. The monoisotopic (exact) mass is 655 g/mol. The first-order chi connectivity index (χ1) is 22.7. The molecule has 2 aliphatic heterocycles. The highest BCUT2D eigenvalue weighted by Gasteiger charge is 2.33. The van der Waals surface area contributed by atoms with E-state index in [1.54, 1.807) is 23.8 Å². The lowest BCUT2D eigenvalue weighted by Gasteiger charge is -2.34. The van der Waals surface area contributed by atoms with Gasteiger partial charge in [0.25, 0.3) is 17.4 Å². The van der Waals surface area contributed by atoms with Gasteiger partial charge in [0.15, 0.2) is 0 Å². The molecule has 2 saturated heterocycles. The summed E-state index contributed by atoms with van der Waals surface area (Å²) in [4.78, 5) is 46.0. The number of halogens is 3. The lowest BCUT2D eigenvalue weighted by molar-refractivity contribution is -0.0499. The van der Waals surface area contributed by atoms with Gasteiger partial charge < -0.3 is 34.3 Å². The molecular weight excluding hydrogens is 619 g/mol. The molecule has 4 heterocycles. The van der Waals surface area contributed by atoms with Crippen molar-refractivity contribution in [3.63, 3.8) is 0 Å². The van der Waals surface area contributed by atoms with Crippen LogP contribution in [0.2, 0.25) is 0 Å². The third kappa shape index (κ3) is 7.76. The Morgan fingerprint density at radius 3 is 2.60 bits per heavy atom. The Hall–Kier alpha value is -4.43. The number of carbonyl (C=O) groups excluding carboxylic acids is 2. The third-order valence-electron chi connectivity index (χ3n) is 8.23. The van der Waals surface area contributed by atoms with Gasteiger partial charge in [-0.1, -0.05) is 0 Å². The minimum absolute atomic E-state index is 0.00324.